The van der Waals surface area contributed by atoms with Gasteiger partial charge in [0, 0.05) is 25.4 Å². The molecule has 0 aliphatic heterocycles. The van der Waals surface area contributed by atoms with E-state index >= 15 is 0 Å². The molecule has 0 aliphatic carbocycles. The van der Waals surface area contributed by atoms with Crippen LogP contribution < -0.4 is 9.62 Å². The molecule has 1 atom stereocenters. The maximum atomic E-state index is 14.1. The van der Waals surface area contributed by atoms with Crippen LogP contribution in [0.15, 0.2) is 97.1 Å². The van der Waals surface area contributed by atoms with Crippen LogP contribution in [0.2, 0.25) is 0 Å². The van der Waals surface area contributed by atoms with Gasteiger partial charge in [-0.05, 0) is 29.5 Å². The first-order valence-electron chi connectivity index (χ1n) is 12.7. The Morgan fingerprint density at radius 1 is 0.846 bits per heavy atom. The maximum Gasteiger partial charge on any atom is 0.244 e. The first-order valence-corrected chi connectivity index (χ1v) is 14.6. The second kappa shape index (κ2) is 12.1. The summed E-state index contributed by atoms with van der Waals surface area (Å²) in [6.45, 7) is 1.67. The summed E-state index contributed by atoms with van der Waals surface area (Å²) in [7, 11) is -2.31. The number of rotatable bonds is 10. The molecule has 4 rings (SSSR count). The summed E-state index contributed by atoms with van der Waals surface area (Å²) < 4.78 is 27.3. The summed E-state index contributed by atoms with van der Waals surface area (Å²) in [5.41, 5.74) is 3.18. The second-order valence-electron chi connectivity index (χ2n) is 9.60. The number of carbonyl (C=O) groups excluding carboxylic acids is 2. The van der Waals surface area contributed by atoms with Crippen LogP contribution in [0, 0.1) is 6.92 Å². The molecular formula is C31H33N3O4S. The molecule has 4 aromatic rings. The number of sulfonamides is 1. The lowest BCUT2D eigenvalue weighted by Crippen LogP contribution is -2.52. The topological polar surface area (TPSA) is 86.8 Å². The van der Waals surface area contributed by atoms with Crippen molar-refractivity contribution in [3.63, 3.8) is 0 Å². The molecule has 8 heteroatoms. The number of fused-ring (bicyclic) bond motifs is 1. The van der Waals surface area contributed by atoms with Crippen molar-refractivity contribution < 1.29 is 18.0 Å². The predicted molar refractivity (Wildman–Crippen MR) is 156 cm³/mol. The lowest BCUT2D eigenvalue weighted by molar-refractivity contribution is -0.139. The summed E-state index contributed by atoms with van der Waals surface area (Å²) in [6, 6.07) is 29.1. The van der Waals surface area contributed by atoms with E-state index < -0.39 is 28.5 Å². The van der Waals surface area contributed by atoms with Crippen molar-refractivity contribution in [3.05, 3.63) is 114 Å². The number of amides is 2. The lowest BCUT2D eigenvalue weighted by Gasteiger charge is -2.33. The Hall–Kier alpha value is -4.17. The van der Waals surface area contributed by atoms with E-state index in [0.29, 0.717) is 5.69 Å². The summed E-state index contributed by atoms with van der Waals surface area (Å²) in [6.07, 6.45) is 1.37. The van der Waals surface area contributed by atoms with Crippen LogP contribution in [-0.4, -0.2) is 51.0 Å². The van der Waals surface area contributed by atoms with Gasteiger partial charge in [0.15, 0.2) is 0 Å². The molecule has 0 fully saturated rings. The van der Waals surface area contributed by atoms with Crippen LogP contribution in [0.4, 0.5) is 5.69 Å². The zero-order valence-electron chi connectivity index (χ0n) is 22.4. The minimum absolute atomic E-state index is 0.151. The zero-order valence-corrected chi connectivity index (χ0v) is 23.2. The van der Waals surface area contributed by atoms with E-state index in [2.05, 4.69) is 5.32 Å². The highest BCUT2D eigenvalue weighted by Gasteiger charge is 2.33. The van der Waals surface area contributed by atoms with Gasteiger partial charge in [-0.15, -0.1) is 0 Å². The second-order valence-corrected chi connectivity index (χ2v) is 11.5. The van der Waals surface area contributed by atoms with E-state index in [4.69, 9.17) is 0 Å². The van der Waals surface area contributed by atoms with Gasteiger partial charge in [-0.1, -0.05) is 96.6 Å². The van der Waals surface area contributed by atoms with Gasteiger partial charge in [0.05, 0.1) is 11.9 Å². The van der Waals surface area contributed by atoms with Gasteiger partial charge in [0.2, 0.25) is 21.8 Å². The first kappa shape index (κ1) is 27.9. The van der Waals surface area contributed by atoms with Crippen molar-refractivity contribution in [2.45, 2.75) is 25.9 Å². The monoisotopic (exact) mass is 543 g/mol. The number of nitrogens with one attached hydrogen (secondary N) is 1. The first-order chi connectivity index (χ1) is 18.7. The van der Waals surface area contributed by atoms with Crippen molar-refractivity contribution in [2.75, 3.05) is 24.2 Å². The molecule has 1 N–H and O–H groups in total. The molecule has 0 heterocycles. The van der Waals surface area contributed by atoms with Crippen molar-refractivity contribution in [1.29, 1.82) is 0 Å². The molecule has 4 aromatic carbocycles. The number of hydrogen-bond donors (Lipinski definition) is 1. The van der Waals surface area contributed by atoms with E-state index in [1.807, 2.05) is 91.9 Å². The van der Waals surface area contributed by atoms with E-state index in [0.717, 1.165) is 38.0 Å². The van der Waals surface area contributed by atoms with E-state index in [-0.39, 0.29) is 18.9 Å². The average Bonchev–Trinajstić information content (AvgIpc) is 2.93. The SMILES string of the molecule is CNC(=O)C(Cc1ccccc1)N(Cc1cccc(C)c1)C(=O)CN(c1cccc2ccccc12)S(C)(=O)=O. The fourth-order valence-corrected chi connectivity index (χ4v) is 5.61. The number of nitrogens with zero attached hydrogens (tertiary/aromatic N) is 2. The molecular weight excluding hydrogens is 510 g/mol. The highest BCUT2D eigenvalue weighted by Crippen LogP contribution is 2.29. The molecule has 0 spiro atoms. The molecule has 0 radical (unpaired) electrons. The third kappa shape index (κ3) is 6.83. The van der Waals surface area contributed by atoms with Gasteiger partial charge >= 0.3 is 0 Å². The third-order valence-electron chi connectivity index (χ3n) is 6.67. The molecule has 7 nitrogen and oxygen atoms in total. The van der Waals surface area contributed by atoms with Gasteiger partial charge in [0.1, 0.15) is 12.6 Å². The van der Waals surface area contributed by atoms with Gasteiger partial charge < -0.3 is 10.2 Å². The smallest absolute Gasteiger partial charge is 0.244 e. The minimum atomic E-state index is -3.84. The lowest BCUT2D eigenvalue weighted by atomic mass is 10.0. The van der Waals surface area contributed by atoms with Gasteiger partial charge in [-0.25, -0.2) is 8.42 Å². The van der Waals surface area contributed by atoms with E-state index in [1.165, 1.54) is 11.9 Å². The van der Waals surface area contributed by atoms with Crippen molar-refractivity contribution in [1.82, 2.24) is 10.2 Å². The Labute approximate surface area is 230 Å². The van der Waals surface area contributed by atoms with Crippen molar-refractivity contribution in [3.8, 4) is 0 Å². The van der Waals surface area contributed by atoms with Gasteiger partial charge in [-0.2, -0.15) is 0 Å². The Morgan fingerprint density at radius 3 is 2.18 bits per heavy atom. The van der Waals surface area contributed by atoms with Crippen molar-refractivity contribution in [2.24, 2.45) is 0 Å². The number of aryl methyl sites for hydroxylation is 1. The summed E-state index contributed by atoms with van der Waals surface area (Å²) >= 11 is 0. The third-order valence-corrected chi connectivity index (χ3v) is 7.79. The summed E-state index contributed by atoms with van der Waals surface area (Å²) in [5, 5.41) is 4.27. The molecule has 1 unspecified atom stereocenters. The molecule has 0 saturated heterocycles. The van der Waals surface area contributed by atoms with Crippen LogP contribution in [0.3, 0.4) is 0 Å². The quantitative estimate of drug-likeness (QED) is 0.323. The van der Waals surface area contributed by atoms with Crippen LogP contribution in [0.25, 0.3) is 10.8 Å². The van der Waals surface area contributed by atoms with Crippen LogP contribution >= 0.6 is 0 Å². The van der Waals surface area contributed by atoms with Crippen LogP contribution in [-0.2, 0) is 32.6 Å². The molecule has 0 aliphatic rings. The number of likely N-dealkylation sites (N-methyl/N-ethyl adjacent to an activating group) is 1. The van der Waals surface area contributed by atoms with Gasteiger partial charge in [0.25, 0.3) is 0 Å². The fourth-order valence-electron chi connectivity index (χ4n) is 4.75. The molecule has 0 saturated carbocycles. The molecule has 0 aromatic heterocycles. The Morgan fingerprint density at radius 2 is 1.49 bits per heavy atom. The Kier molecular flexibility index (Phi) is 8.66. The largest absolute Gasteiger partial charge is 0.357 e. The number of hydrogen-bond acceptors (Lipinski definition) is 4. The van der Waals surface area contributed by atoms with E-state index in [9.17, 15) is 18.0 Å². The highest BCUT2D eigenvalue weighted by molar-refractivity contribution is 7.92. The molecule has 202 valence electrons. The standard InChI is InChI=1S/C31H33N3O4S/c1-23-11-9-14-25(19-23)21-33(29(31(36)32-2)20-24-12-5-4-6-13-24)30(35)22-34(39(3,37)38)28-18-10-16-26-15-7-8-17-27(26)28/h4-19,29H,20-22H2,1-3H3,(H,32,36). The fraction of sp³-hybridized carbons (Fsp3) is 0.226. The number of anilines is 1. The maximum absolute atomic E-state index is 14.1. The number of benzene rings is 4. The van der Waals surface area contributed by atoms with Crippen molar-refractivity contribution >= 4 is 38.3 Å². The molecule has 39 heavy (non-hydrogen) atoms. The minimum Gasteiger partial charge on any atom is -0.357 e. The summed E-state index contributed by atoms with van der Waals surface area (Å²) in [4.78, 5) is 28.8. The summed E-state index contributed by atoms with van der Waals surface area (Å²) in [5.74, 6) is -0.796. The van der Waals surface area contributed by atoms with Crippen LogP contribution in [0.1, 0.15) is 16.7 Å². The van der Waals surface area contributed by atoms with Gasteiger partial charge in [-0.3, -0.25) is 13.9 Å². The molecule has 0 bridgehead atoms. The highest BCUT2D eigenvalue weighted by atomic mass is 32.2. The number of carbonyl (C=O) groups is 2. The predicted octanol–water partition coefficient (Wildman–Crippen LogP) is 4.30. The Bertz CT molecular complexity index is 1570. The van der Waals surface area contributed by atoms with Crippen LogP contribution in [0.5, 0.6) is 0 Å². The molecule has 2 amide bonds. The van der Waals surface area contributed by atoms with E-state index in [1.54, 1.807) is 12.1 Å². The average molecular weight is 544 g/mol. The zero-order chi connectivity index (χ0) is 28.0. The normalized spacial score (nSPS) is 12.1. The Balaban J connectivity index is 1.77.